The van der Waals surface area contributed by atoms with Crippen molar-refractivity contribution in [2.45, 2.75) is 13.1 Å². The minimum absolute atomic E-state index is 0.00234. The highest BCUT2D eigenvalue weighted by molar-refractivity contribution is 5.77. The lowest BCUT2D eigenvalue weighted by Gasteiger charge is -2.11. The number of para-hydroxylation sites is 1. The maximum Gasteiger partial charge on any atom is 0.271 e. The number of nitrogens with one attached hydrogen (secondary N) is 1. The van der Waals surface area contributed by atoms with Gasteiger partial charge in [0.2, 0.25) is 0 Å². The molecule has 2 aromatic carbocycles. The fourth-order valence-corrected chi connectivity index (χ4v) is 3.06. The van der Waals surface area contributed by atoms with Gasteiger partial charge in [0.05, 0.1) is 28.6 Å². The zero-order valence-corrected chi connectivity index (χ0v) is 15.4. The molecule has 2 aromatic heterocycles. The smallest absolute Gasteiger partial charge is 0.271 e. The van der Waals surface area contributed by atoms with Gasteiger partial charge in [-0.05, 0) is 18.2 Å². The Hall–Kier alpha value is -4.77. The SMILES string of the molecule is N#CCc1c(C#N)nn(-c2ccccc2)c1NCn1nnc2cc([N+](=O)[O-])ccc21. The van der Waals surface area contributed by atoms with E-state index in [1.54, 1.807) is 10.7 Å². The van der Waals surface area contributed by atoms with Crippen molar-refractivity contribution in [3.05, 3.63) is 69.9 Å². The van der Waals surface area contributed by atoms with Crippen molar-refractivity contribution in [3.8, 4) is 17.8 Å². The van der Waals surface area contributed by atoms with E-state index in [9.17, 15) is 20.6 Å². The number of fused-ring (bicyclic) bond motifs is 1. The number of nitriles is 2. The minimum Gasteiger partial charge on any atom is -0.350 e. The first-order chi connectivity index (χ1) is 14.6. The predicted molar refractivity (Wildman–Crippen MR) is 105 cm³/mol. The van der Waals surface area contributed by atoms with Gasteiger partial charge in [-0.1, -0.05) is 23.4 Å². The Morgan fingerprint density at radius 2 is 1.97 bits per heavy atom. The number of anilines is 1. The van der Waals surface area contributed by atoms with Gasteiger partial charge in [-0.2, -0.15) is 15.6 Å². The van der Waals surface area contributed by atoms with E-state index in [2.05, 4.69) is 26.8 Å². The summed E-state index contributed by atoms with van der Waals surface area (Å²) in [4.78, 5) is 10.4. The molecule has 2 heterocycles. The first kappa shape index (κ1) is 18.6. The number of aromatic nitrogens is 5. The normalized spacial score (nSPS) is 10.5. The van der Waals surface area contributed by atoms with Gasteiger partial charge in [0, 0.05) is 17.7 Å². The molecule has 0 saturated carbocycles. The number of rotatable bonds is 6. The standard InChI is InChI=1S/C19H13N9O2/c20-9-8-15-17(11-21)24-27(13-4-2-1-3-5-13)19(15)22-12-26-18-7-6-14(28(29)30)10-16(18)23-25-26/h1-7,10,22H,8,12H2. The summed E-state index contributed by atoms with van der Waals surface area (Å²) in [6, 6.07) is 17.6. The van der Waals surface area contributed by atoms with Crippen LogP contribution in [0.3, 0.4) is 0 Å². The van der Waals surface area contributed by atoms with Gasteiger partial charge in [0.15, 0.2) is 5.69 Å². The van der Waals surface area contributed by atoms with E-state index >= 15 is 0 Å². The van der Waals surface area contributed by atoms with Gasteiger partial charge in [-0.15, -0.1) is 5.10 Å². The maximum absolute atomic E-state index is 10.9. The van der Waals surface area contributed by atoms with E-state index in [4.69, 9.17) is 0 Å². The number of hydrogen-bond acceptors (Lipinski definition) is 8. The van der Waals surface area contributed by atoms with Crippen molar-refractivity contribution < 1.29 is 4.92 Å². The van der Waals surface area contributed by atoms with Crippen LogP contribution in [0.1, 0.15) is 11.3 Å². The number of benzene rings is 2. The van der Waals surface area contributed by atoms with Crippen LogP contribution in [-0.4, -0.2) is 29.7 Å². The third-order valence-electron chi connectivity index (χ3n) is 4.45. The van der Waals surface area contributed by atoms with E-state index < -0.39 is 4.92 Å². The molecule has 1 N–H and O–H groups in total. The molecule has 4 rings (SSSR count). The number of non-ortho nitro benzene ring substituents is 1. The lowest BCUT2D eigenvalue weighted by Crippen LogP contribution is -2.13. The van der Waals surface area contributed by atoms with Crippen molar-refractivity contribution >= 4 is 22.5 Å². The molecule has 11 heteroatoms. The van der Waals surface area contributed by atoms with Gasteiger partial charge >= 0.3 is 0 Å². The first-order valence-electron chi connectivity index (χ1n) is 8.78. The second-order valence-corrected chi connectivity index (χ2v) is 6.22. The third-order valence-corrected chi connectivity index (χ3v) is 4.45. The van der Waals surface area contributed by atoms with Crippen LogP contribution in [0.2, 0.25) is 0 Å². The van der Waals surface area contributed by atoms with E-state index in [-0.39, 0.29) is 24.5 Å². The molecule has 30 heavy (non-hydrogen) atoms. The summed E-state index contributed by atoms with van der Waals surface area (Å²) < 4.78 is 3.10. The Bertz CT molecular complexity index is 1330. The third kappa shape index (κ3) is 3.27. The van der Waals surface area contributed by atoms with Crippen molar-refractivity contribution in [3.63, 3.8) is 0 Å². The number of nitro groups is 1. The molecule has 0 unspecified atom stereocenters. The zero-order chi connectivity index (χ0) is 21.1. The molecule has 0 spiro atoms. The van der Waals surface area contributed by atoms with Crippen LogP contribution in [0.25, 0.3) is 16.7 Å². The summed E-state index contributed by atoms with van der Waals surface area (Å²) in [7, 11) is 0. The van der Waals surface area contributed by atoms with Crippen LogP contribution in [0, 0.1) is 32.8 Å². The van der Waals surface area contributed by atoms with E-state index in [0.29, 0.717) is 22.4 Å². The monoisotopic (exact) mass is 399 g/mol. The number of nitro benzene ring substituents is 1. The lowest BCUT2D eigenvalue weighted by atomic mass is 10.2. The Morgan fingerprint density at radius 1 is 1.17 bits per heavy atom. The topological polar surface area (TPSA) is 151 Å². The minimum atomic E-state index is -0.493. The second kappa shape index (κ2) is 7.69. The van der Waals surface area contributed by atoms with Crippen molar-refractivity contribution in [1.82, 2.24) is 24.8 Å². The maximum atomic E-state index is 10.9. The molecule has 4 aromatic rings. The highest BCUT2D eigenvalue weighted by Gasteiger charge is 2.19. The summed E-state index contributed by atoms with van der Waals surface area (Å²) in [5, 5.41) is 45.1. The van der Waals surface area contributed by atoms with Crippen molar-refractivity contribution in [2.24, 2.45) is 0 Å². The van der Waals surface area contributed by atoms with Gasteiger partial charge in [0.25, 0.3) is 5.69 Å². The molecule has 11 nitrogen and oxygen atoms in total. The highest BCUT2D eigenvalue weighted by Crippen LogP contribution is 2.25. The summed E-state index contributed by atoms with van der Waals surface area (Å²) >= 11 is 0. The summed E-state index contributed by atoms with van der Waals surface area (Å²) in [6.45, 7) is 0.149. The average Bonchev–Trinajstić information content (AvgIpc) is 3.33. The zero-order valence-electron chi connectivity index (χ0n) is 15.4. The molecule has 0 fully saturated rings. The molecule has 0 saturated heterocycles. The molecule has 0 amide bonds. The molecular formula is C19H13N9O2. The Balaban J connectivity index is 1.72. The molecule has 0 aliphatic heterocycles. The molecule has 0 aliphatic carbocycles. The first-order valence-corrected chi connectivity index (χ1v) is 8.78. The van der Waals surface area contributed by atoms with Crippen LogP contribution in [0.5, 0.6) is 0 Å². The van der Waals surface area contributed by atoms with Gasteiger partial charge in [-0.3, -0.25) is 10.1 Å². The van der Waals surface area contributed by atoms with Crippen LogP contribution in [0.15, 0.2) is 48.5 Å². The van der Waals surface area contributed by atoms with Gasteiger partial charge in [-0.25, -0.2) is 9.36 Å². The van der Waals surface area contributed by atoms with Gasteiger partial charge in [0.1, 0.15) is 24.1 Å². The van der Waals surface area contributed by atoms with Crippen molar-refractivity contribution in [2.75, 3.05) is 5.32 Å². The second-order valence-electron chi connectivity index (χ2n) is 6.22. The molecular weight excluding hydrogens is 386 g/mol. The Kier molecular flexibility index (Phi) is 4.77. The highest BCUT2D eigenvalue weighted by atomic mass is 16.6. The van der Waals surface area contributed by atoms with Crippen molar-refractivity contribution in [1.29, 1.82) is 10.5 Å². The van der Waals surface area contributed by atoms with Crippen LogP contribution < -0.4 is 5.32 Å². The largest absolute Gasteiger partial charge is 0.350 e. The Morgan fingerprint density at radius 3 is 2.67 bits per heavy atom. The average molecular weight is 399 g/mol. The van der Waals surface area contributed by atoms with Crippen LogP contribution in [0.4, 0.5) is 11.5 Å². The number of nitrogens with zero attached hydrogens (tertiary/aromatic N) is 8. The van der Waals surface area contributed by atoms with Gasteiger partial charge < -0.3 is 5.32 Å². The molecule has 0 radical (unpaired) electrons. The molecule has 0 aliphatic rings. The van der Waals surface area contributed by atoms with E-state index in [1.165, 1.54) is 16.8 Å². The lowest BCUT2D eigenvalue weighted by molar-refractivity contribution is -0.384. The molecule has 146 valence electrons. The van der Waals surface area contributed by atoms with E-state index in [1.807, 2.05) is 36.4 Å². The Labute approximate surface area is 169 Å². The summed E-state index contributed by atoms with van der Waals surface area (Å²) in [6.07, 6.45) is 0.00234. The van der Waals surface area contributed by atoms with Crippen LogP contribution in [-0.2, 0) is 13.1 Å². The molecule has 0 bridgehead atoms. The fourth-order valence-electron chi connectivity index (χ4n) is 3.06. The predicted octanol–water partition coefficient (Wildman–Crippen LogP) is 2.53. The molecule has 0 atom stereocenters. The van der Waals surface area contributed by atoms with Crippen LogP contribution >= 0.6 is 0 Å². The summed E-state index contributed by atoms with van der Waals surface area (Å²) in [5.41, 5.74) is 2.27. The number of hydrogen-bond donors (Lipinski definition) is 1. The van der Waals surface area contributed by atoms with E-state index in [0.717, 1.165) is 5.69 Å². The summed E-state index contributed by atoms with van der Waals surface area (Å²) in [5.74, 6) is 0.491. The fraction of sp³-hybridized carbons (Fsp3) is 0.105. The quantitative estimate of drug-likeness (QED) is 0.383.